The van der Waals surface area contributed by atoms with Crippen LogP contribution in [-0.2, 0) is 19.4 Å². The normalized spacial score (nSPS) is 17.2. The predicted octanol–water partition coefficient (Wildman–Crippen LogP) is 5.09. The molecule has 23 heavy (non-hydrogen) atoms. The Morgan fingerprint density at radius 3 is 3.00 bits per heavy atom. The zero-order chi connectivity index (χ0) is 15.8. The van der Waals surface area contributed by atoms with Crippen molar-refractivity contribution in [2.75, 3.05) is 5.32 Å². The van der Waals surface area contributed by atoms with Gasteiger partial charge in [-0.05, 0) is 48.5 Å². The quantitative estimate of drug-likeness (QED) is 0.652. The zero-order valence-corrected chi connectivity index (χ0v) is 14.7. The van der Waals surface area contributed by atoms with Gasteiger partial charge in [-0.15, -0.1) is 11.3 Å². The fourth-order valence-electron chi connectivity index (χ4n) is 3.28. The van der Waals surface area contributed by atoms with Crippen molar-refractivity contribution in [3.8, 4) is 0 Å². The number of aryl methyl sites for hydroxylation is 1. The highest BCUT2D eigenvalue weighted by atomic mass is 32.1. The van der Waals surface area contributed by atoms with Crippen LogP contribution in [0.5, 0.6) is 0 Å². The van der Waals surface area contributed by atoms with Crippen LogP contribution in [0.3, 0.4) is 0 Å². The number of anilines is 1. The van der Waals surface area contributed by atoms with Crippen LogP contribution >= 0.6 is 23.6 Å². The van der Waals surface area contributed by atoms with Crippen molar-refractivity contribution in [3.05, 3.63) is 51.1 Å². The number of rotatable bonds is 3. The topological polar surface area (TPSA) is 40.7 Å². The van der Waals surface area contributed by atoms with Gasteiger partial charge < -0.3 is 10.3 Å². The first kappa shape index (κ1) is 14.8. The van der Waals surface area contributed by atoms with Crippen LogP contribution in [0.2, 0.25) is 0 Å². The number of hydrogen-bond donors (Lipinski definition) is 2. The molecule has 2 aromatic heterocycles. The summed E-state index contributed by atoms with van der Waals surface area (Å²) in [7, 11) is 0. The summed E-state index contributed by atoms with van der Waals surface area (Å²) in [4.78, 5) is 10.4. The Bertz CT molecular complexity index is 896. The first-order valence-corrected chi connectivity index (χ1v) is 9.25. The maximum atomic E-state index is 5.32. The van der Waals surface area contributed by atoms with Gasteiger partial charge in [-0.25, -0.2) is 4.98 Å². The van der Waals surface area contributed by atoms with E-state index in [1.54, 1.807) is 0 Å². The van der Waals surface area contributed by atoms with Crippen molar-refractivity contribution < 1.29 is 0 Å². The molecule has 2 N–H and O–H groups in total. The van der Waals surface area contributed by atoms with Gasteiger partial charge in [0.25, 0.3) is 0 Å². The lowest BCUT2D eigenvalue weighted by atomic mass is 9.89. The highest BCUT2D eigenvalue weighted by molar-refractivity contribution is 7.71. The average Bonchev–Trinajstić information content (AvgIpc) is 2.90. The van der Waals surface area contributed by atoms with Gasteiger partial charge in [-0.1, -0.05) is 37.3 Å². The largest absolute Gasteiger partial charge is 0.367 e. The molecule has 0 saturated heterocycles. The van der Waals surface area contributed by atoms with Gasteiger partial charge in [0.05, 0.1) is 5.39 Å². The van der Waals surface area contributed by atoms with Crippen molar-refractivity contribution in [3.63, 3.8) is 0 Å². The van der Waals surface area contributed by atoms with Crippen LogP contribution in [0.1, 0.15) is 29.3 Å². The summed E-state index contributed by atoms with van der Waals surface area (Å²) in [5.74, 6) is 1.79. The maximum Gasteiger partial charge on any atom is 0.199 e. The van der Waals surface area contributed by atoms with Crippen LogP contribution in [0.15, 0.2) is 30.3 Å². The standard InChI is InChI=1S/C18H19N3S2/c1-11-7-8-13-14(9-11)23-17-15(13)16(20-18(22)21-17)19-10-12-5-3-2-4-6-12/h2-6,11H,7-10H2,1H3,(H2,19,20,21,22)/t11-/m1/s1. The SMILES string of the molecule is C[C@@H]1CCc2c(sc3nc(=S)[nH]c(NCc4ccccc4)c23)C1. The minimum Gasteiger partial charge on any atom is -0.367 e. The lowest BCUT2D eigenvalue weighted by Gasteiger charge is -2.18. The number of aromatic amines is 1. The Morgan fingerprint density at radius 1 is 1.35 bits per heavy atom. The van der Waals surface area contributed by atoms with Crippen LogP contribution in [-0.4, -0.2) is 9.97 Å². The van der Waals surface area contributed by atoms with E-state index in [0.29, 0.717) is 4.77 Å². The Balaban J connectivity index is 1.75. The van der Waals surface area contributed by atoms with Gasteiger partial charge in [0, 0.05) is 11.4 Å². The molecule has 1 atom stereocenters. The molecule has 3 nitrogen and oxygen atoms in total. The summed E-state index contributed by atoms with van der Waals surface area (Å²) in [6, 6.07) is 10.4. The number of nitrogens with zero attached hydrogens (tertiary/aromatic N) is 1. The van der Waals surface area contributed by atoms with E-state index < -0.39 is 0 Å². The van der Waals surface area contributed by atoms with Gasteiger partial charge in [0.15, 0.2) is 4.77 Å². The molecule has 0 spiro atoms. The minimum absolute atomic E-state index is 0.555. The third-order valence-electron chi connectivity index (χ3n) is 4.49. The lowest BCUT2D eigenvalue weighted by Crippen LogP contribution is -2.09. The van der Waals surface area contributed by atoms with Crippen LogP contribution in [0.4, 0.5) is 5.82 Å². The van der Waals surface area contributed by atoms with E-state index >= 15 is 0 Å². The summed E-state index contributed by atoms with van der Waals surface area (Å²) >= 11 is 7.14. The third kappa shape index (κ3) is 2.91. The predicted molar refractivity (Wildman–Crippen MR) is 99.8 cm³/mol. The van der Waals surface area contributed by atoms with Crippen molar-refractivity contribution in [1.82, 2.24) is 9.97 Å². The molecule has 1 aliphatic carbocycles. The highest BCUT2D eigenvalue weighted by Crippen LogP contribution is 2.39. The summed E-state index contributed by atoms with van der Waals surface area (Å²) in [6.07, 6.45) is 3.57. The van der Waals surface area contributed by atoms with E-state index in [1.165, 1.54) is 34.2 Å². The second-order valence-corrected chi connectivity index (χ2v) is 7.76. The monoisotopic (exact) mass is 341 g/mol. The number of H-pyrrole nitrogens is 1. The molecule has 0 unspecified atom stereocenters. The smallest absolute Gasteiger partial charge is 0.199 e. The van der Waals surface area contributed by atoms with E-state index in [4.69, 9.17) is 12.2 Å². The Hall–Kier alpha value is -1.72. The maximum absolute atomic E-state index is 5.32. The van der Waals surface area contributed by atoms with Crippen LogP contribution < -0.4 is 5.32 Å². The summed E-state index contributed by atoms with van der Waals surface area (Å²) in [5.41, 5.74) is 2.73. The lowest BCUT2D eigenvalue weighted by molar-refractivity contribution is 0.509. The van der Waals surface area contributed by atoms with E-state index in [-0.39, 0.29) is 0 Å². The number of benzene rings is 1. The zero-order valence-electron chi connectivity index (χ0n) is 13.1. The third-order valence-corrected chi connectivity index (χ3v) is 5.83. The van der Waals surface area contributed by atoms with Crippen molar-refractivity contribution in [2.45, 2.75) is 32.7 Å². The number of nitrogens with one attached hydrogen (secondary N) is 2. The fourth-order valence-corrected chi connectivity index (χ4v) is 4.93. The molecule has 1 aromatic carbocycles. The minimum atomic E-state index is 0.555. The molecule has 0 aliphatic heterocycles. The molecule has 2 heterocycles. The van der Waals surface area contributed by atoms with Gasteiger partial charge in [-0.2, -0.15) is 0 Å². The number of fused-ring (bicyclic) bond motifs is 3. The van der Waals surface area contributed by atoms with Crippen molar-refractivity contribution >= 4 is 39.6 Å². The van der Waals surface area contributed by atoms with Gasteiger partial charge in [-0.3, -0.25) is 0 Å². The Labute approximate surface area is 144 Å². The molecule has 0 amide bonds. The molecule has 0 bridgehead atoms. The summed E-state index contributed by atoms with van der Waals surface area (Å²) in [6.45, 7) is 3.12. The van der Waals surface area contributed by atoms with E-state index in [9.17, 15) is 0 Å². The Kier molecular flexibility index (Phi) is 3.91. The Morgan fingerprint density at radius 2 is 2.17 bits per heavy atom. The van der Waals surface area contributed by atoms with E-state index in [2.05, 4.69) is 46.5 Å². The molecule has 3 aromatic rings. The highest BCUT2D eigenvalue weighted by Gasteiger charge is 2.22. The molecule has 4 rings (SSSR count). The summed E-state index contributed by atoms with van der Waals surface area (Å²) in [5, 5.41) is 4.79. The van der Waals surface area contributed by atoms with Crippen molar-refractivity contribution in [2.24, 2.45) is 5.92 Å². The molecule has 0 radical (unpaired) electrons. The van der Waals surface area contributed by atoms with Gasteiger partial charge in [0.2, 0.25) is 0 Å². The number of hydrogen-bond acceptors (Lipinski definition) is 4. The van der Waals surface area contributed by atoms with Crippen LogP contribution in [0.25, 0.3) is 10.2 Å². The second kappa shape index (κ2) is 6.06. The molecule has 5 heteroatoms. The molecule has 1 aliphatic rings. The number of thiophene rings is 1. The summed E-state index contributed by atoms with van der Waals surface area (Å²) < 4.78 is 0.555. The van der Waals surface area contributed by atoms with Gasteiger partial charge >= 0.3 is 0 Å². The van der Waals surface area contributed by atoms with Gasteiger partial charge in [0.1, 0.15) is 10.6 Å². The molecular formula is C18H19N3S2. The number of aromatic nitrogens is 2. The van der Waals surface area contributed by atoms with Crippen molar-refractivity contribution in [1.29, 1.82) is 0 Å². The first-order chi connectivity index (χ1) is 11.2. The first-order valence-electron chi connectivity index (χ1n) is 8.03. The van der Waals surface area contributed by atoms with Crippen LogP contribution in [0, 0.1) is 10.7 Å². The molecule has 0 saturated carbocycles. The molecule has 118 valence electrons. The molecule has 0 fully saturated rings. The van der Waals surface area contributed by atoms with E-state index in [1.807, 2.05) is 17.4 Å². The average molecular weight is 342 g/mol. The molecular weight excluding hydrogens is 322 g/mol. The van der Waals surface area contributed by atoms with E-state index in [0.717, 1.165) is 29.5 Å². The second-order valence-electron chi connectivity index (χ2n) is 6.29. The fraction of sp³-hybridized carbons (Fsp3) is 0.333.